The molecule has 2 rings (SSSR count). The zero-order valence-corrected chi connectivity index (χ0v) is 11.1. The van der Waals surface area contributed by atoms with Gasteiger partial charge in [0.25, 0.3) is 0 Å². The molecule has 0 atom stereocenters. The van der Waals surface area contributed by atoms with Crippen LogP contribution in [0.2, 0.25) is 0 Å². The summed E-state index contributed by atoms with van der Waals surface area (Å²) in [7, 11) is 0. The van der Waals surface area contributed by atoms with E-state index in [2.05, 4.69) is 50.3 Å². The van der Waals surface area contributed by atoms with Crippen LogP contribution >= 0.6 is 0 Å². The summed E-state index contributed by atoms with van der Waals surface area (Å²) in [6.07, 6.45) is 8.14. The minimum atomic E-state index is 0.410. The van der Waals surface area contributed by atoms with Crippen molar-refractivity contribution >= 4 is 0 Å². The highest BCUT2D eigenvalue weighted by Crippen LogP contribution is 2.29. The molecular formula is C16H24. The first-order chi connectivity index (χ1) is 7.67. The third-order valence-corrected chi connectivity index (χ3v) is 2.96. The minimum absolute atomic E-state index is 0.410. The quantitative estimate of drug-likeness (QED) is 0.547. The summed E-state index contributed by atoms with van der Waals surface area (Å²) in [6.45, 7) is 8.69. The van der Waals surface area contributed by atoms with Crippen LogP contribution in [0.25, 0.3) is 0 Å². The summed E-state index contributed by atoms with van der Waals surface area (Å²) < 4.78 is 0. The van der Waals surface area contributed by atoms with Gasteiger partial charge in [0.05, 0.1) is 0 Å². The Bertz CT molecular complexity index is 345. The zero-order chi connectivity index (χ0) is 12.0. The van der Waals surface area contributed by atoms with E-state index < -0.39 is 0 Å². The third kappa shape index (κ3) is 3.52. The highest BCUT2D eigenvalue weighted by atomic mass is 14.2. The summed E-state index contributed by atoms with van der Waals surface area (Å²) in [6, 6.07) is 8.82. The molecule has 0 bridgehead atoms. The maximum Gasteiger partial charge on any atom is -0.00947 e. The first-order valence-electron chi connectivity index (χ1n) is 6.39. The van der Waals surface area contributed by atoms with Crippen molar-refractivity contribution in [3.63, 3.8) is 0 Å². The average molecular weight is 216 g/mol. The smallest absolute Gasteiger partial charge is 0.00947 e. The summed E-state index contributed by atoms with van der Waals surface area (Å²) >= 11 is 0. The van der Waals surface area contributed by atoms with E-state index in [-0.39, 0.29) is 0 Å². The molecule has 0 aromatic heterocycles. The van der Waals surface area contributed by atoms with Crippen LogP contribution in [0.15, 0.2) is 36.4 Å². The van der Waals surface area contributed by atoms with E-state index in [0.29, 0.717) is 5.41 Å². The lowest BCUT2D eigenvalue weighted by molar-refractivity contribution is 0.366. The number of benzene rings is 1. The second-order valence-corrected chi connectivity index (χ2v) is 4.99. The SMILES string of the molecule is CC.CC1(C)C/C=C\Cc2ccccc2C1. The van der Waals surface area contributed by atoms with Gasteiger partial charge in [-0.15, -0.1) is 0 Å². The lowest BCUT2D eigenvalue weighted by Crippen LogP contribution is -2.16. The largest absolute Gasteiger partial charge is 0.0877 e. The van der Waals surface area contributed by atoms with Crippen LogP contribution in [0.4, 0.5) is 0 Å². The molecular weight excluding hydrogens is 192 g/mol. The first-order valence-corrected chi connectivity index (χ1v) is 6.39. The van der Waals surface area contributed by atoms with Gasteiger partial charge in [0, 0.05) is 0 Å². The van der Waals surface area contributed by atoms with Crippen LogP contribution in [0, 0.1) is 5.41 Å². The predicted octanol–water partition coefficient (Wildman–Crippen LogP) is 4.78. The number of allylic oxidation sites excluding steroid dienone is 2. The molecule has 0 unspecified atom stereocenters. The molecule has 1 aliphatic rings. The average Bonchev–Trinajstić information content (AvgIpc) is 2.26. The van der Waals surface area contributed by atoms with Crippen LogP contribution in [0.3, 0.4) is 0 Å². The Hall–Kier alpha value is -1.04. The molecule has 1 aromatic carbocycles. The molecule has 0 saturated heterocycles. The summed E-state index contributed by atoms with van der Waals surface area (Å²) in [5.74, 6) is 0. The van der Waals surface area contributed by atoms with Gasteiger partial charge in [-0.3, -0.25) is 0 Å². The molecule has 88 valence electrons. The Balaban J connectivity index is 0.000000606. The highest BCUT2D eigenvalue weighted by Gasteiger charge is 2.19. The van der Waals surface area contributed by atoms with Crippen molar-refractivity contribution < 1.29 is 0 Å². The molecule has 0 spiro atoms. The highest BCUT2D eigenvalue weighted by molar-refractivity contribution is 5.30. The van der Waals surface area contributed by atoms with Gasteiger partial charge < -0.3 is 0 Å². The van der Waals surface area contributed by atoms with E-state index in [9.17, 15) is 0 Å². The number of hydrogen-bond donors (Lipinski definition) is 0. The second kappa shape index (κ2) is 5.89. The molecule has 0 saturated carbocycles. The van der Waals surface area contributed by atoms with Crippen LogP contribution in [0.5, 0.6) is 0 Å². The Kier molecular flexibility index (Phi) is 4.79. The van der Waals surface area contributed by atoms with E-state index in [4.69, 9.17) is 0 Å². The monoisotopic (exact) mass is 216 g/mol. The van der Waals surface area contributed by atoms with Crippen LogP contribution in [0.1, 0.15) is 45.2 Å². The van der Waals surface area contributed by atoms with Gasteiger partial charge in [-0.05, 0) is 35.8 Å². The van der Waals surface area contributed by atoms with E-state index in [1.165, 1.54) is 24.0 Å². The topological polar surface area (TPSA) is 0 Å². The van der Waals surface area contributed by atoms with Crippen molar-refractivity contribution in [2.75, 3.05) is 0 Å². The van der Waals surface area contributed by atoms with Crippen LogP contribution in [-0.4, -0.2) is 0 Å². The molecule has 0 nitrogen and oxygen atoms in total. The summed E-state index contributed by atoms with van der Waals surface area (Å²) in [5, 5.41) is 0. The van der Waals surface area contributed by atoms with E-state index in [1.54, 1.807) is 0 Å². The molecule has 16 heavy (non-hydrogen) atoms. The van der Waals surface area contributed by atoms with Gasteiger partial charge in [-0.25, -0.2) is 0 Å². The number of rotatable bonds is 0. The van der Waals surface area contributed by atoms with E-state index in [0.717, 1.165) is 6.42 Å². The van der Waals surface area contributed by atoms with Crippen molar-refractivity contribution in [2.24, 2.45) is 5.41 Å². The molecule has 1 aliphatic carbocycles. The van der Waals surface area contributed by atoms with Crippen molar-refractivity contribution in [1.82, 2.24) is 0 Å². The second-order valence-electron chi connectivity index (χ2n) is 4.99. The molecule has 0 amide bonds. The van der Waals surface area contributed by atoms with Crippen molar-refractivity contribution in [3.05, 3.63) is 47.5 Å². The molecule has 0 N–H and O–H groups in total. The molecule has 0 heterocycles. The lowest BCUT2D eigenvalue weighted by Gasteiger charge is -2.26. The predicted molar refractivity (Wildman–Crippen MR) is 72.7 cm³/mol. The molecule has 0 aliphatic heterocycles. The molecule has 1 aromatic rings. The Morgan fingerprint density at radius 2 is 1.56 bits per heavy atom. The van der Waals surface area contributed by atoms with Crippen LogP contribution in [-0.2, 0) is 12.8 Å². The Morgan fingerprint density at radius 3 is 2.25 bits per heavy atom. The zero-order valence-electron chi connectivity index (χ0n) is 11.1. The maximum absolute atomic E-state index is 2.35. The van der Waals surface area contributed by atoms with Gasteiger partial charge in [0.2, 0.25) is 0 Å². The molecule has 0 fully saturated rings. The van der Waals surface area contributed by atoms with Gasteiger partial charge in [0.15, 0.2) is 0 Å². The minimum Gasteiger partial charge on any atom is -0.0877 e. The Morgan fingerprint density at radius 1 is 0.938 bits per heavy atom. The van der Waals surface area contributed by atoms with Gasteiger partial charge >= 0.3 is 0 Å². The normalized spacial score (nSPS) is 19.5. The maximum atomic E-state index is 2.35. The van der Waals surface area contributed by atoms with Gasteiger partial charge in [-0.1, -0.05) is 64.1 Å². The molecule has 0 heteroatoms. The van der Waals surface area contributed by atoms with Gasteiger partial charge in [0.1, 0.15) is 0 Å². The van der Waals surface area contributed by atoms with Crippen molar-refractivity contribution in [2.45, 2.75) is 47.0 Å². The third-order valence-electron chi connectivity index (χ3n) is 2.96. The first kappa shape index (κ1) is 13.0. The lowest BCUT2D eigenvalue weighted by atomic mass is 9.79. The standard InChI is InChI=1S/C14H18.C2H6/c1-14(2)10-6-5-8-12-7-3-4-9-13(12)11-14;1-2/h3-7,9H,8,10-11H2,1-2H3;1-2H3/b6-5-;. The molecule has 0 radical (unpaired) electrons. The van der Waals surface area contributed by atoms with E-state index >= 15 is 0 Å². The Labute approximate surface area is 100 Å². The summed E-state index contributed by atoms with van der Waals surface area (Å²) in [4.78, 5) is 0. The van der Waals surface area contributed by atoms with Crippen molar-refractivity contribution in [3.8, 4) is 0 Å². The number of fused-ring (bicyclic) bond motifs is 1. The fraction of sp³-hybridized carbons (Fsp3) is 0.500. The van der Waals surface area contributed by atoms with Gasteiger partial charge in [-0.2, -0.15) is 0 Å². The van der Waals surface area contributed by atoms with E-state index in [1.807, 2.05) is 13.8 Å². The van der Waals surface area contributed by atoms with Crippen molar-refractivity contribution in [1.29, 1.82) is 0 Å². The fourth-order valence-electron chi connectivity index (χ4n) is 2.13. The van der Waals surface area contributed by atoms with Crippen LogP contribution < -0.4 is 0 Å². The summed E-state index contributed by atoms with van der Waals surface area (Å²) in [5.41, 5.74) is 3.44. The number of hydrogen-bond acceptors (Lipinski definition) is 0. The fourth-order valence-corrected chi connectivity index (χ4v) is 2.13.